The van der Waals surface area contributed by atoms with E-state index < -0.39 is 0 Å². The van der Waals surface area contributed by atoms with Crippen LogP contribution in [0.5, 0.6) is 5.75 Å². The summed E-state index contributed by atoms with van der Waals surface area (Å²) in [6.07, 6.45) is 0. The van der Waals surface area contributed by atoms with E-state index in [2.05, 4.69) is 47.8 Å². The first kappa shape index (κ1) is 15.0. The molecule has 0 spiro atoms. The molecule has 2 N–H and O–H groups in total. The van der Waals surface area contributed by atoms with Gasteiger partial charge < -0.3 is 10.5 Å². The molecule has 1 unspecified atom stereocenters. The van der Waals surface area contributed by atoms with E-state index in [1.807, 2.05) is 42.5 Å². The van der Waals surface area contributed by atoms with Gasteiger partial charge in [0, 0.05) is 4.47 Å². The first-order valence-corrected chi connectivity index (χ1v) is 8.03. The lowest BCUT2D eigenvalue weighted by Crippen LogP contribution is -2.19. The van der Waals surface area contributed by atoms with Crippen molar-refractivity contribution in [1.82, 2.24) is 0 Å². The van der Waals surface area contributed by atoms with E-state index in [-0.39, 0.29) is 6.04 Å². The highest BCUT2D eigenvalue weighted by Gasteiger charge is 2.11. The predicted octanol–water partition coefficient (Wildman–Crippen LogP) is 5.05. The largest absolute Gasteiger partial charge is 0.489 e. The van der Waals surface area contributed by atoms with Crippen LogP contribution in [0.25, 0.3) is 0 Å². The summed E-state index contributed by atoms with van der Waals surface area (Å²) >= 11 is 10.4. The Labute approximate surface area is 137 Å². The maximum atomic E-state index is 6.11. The zero-order valence-electron chi connectivity index (χ0n) is 9.95. The van der Waals surface area contributed by atoms with Gasteiger partial charge in [0.25, 0.3) is 0 Å². The molecule has 0 aliphatic rings. The van der Waals surface area contributed by atoms with Gasteiger partial charge in [-0.2, -0.15) is 0 Å². The minimum atomic E-state index is -0.149. The van der Waals surface area contributed by atoms with Crippen LogP contribution in [0.1, 0.15) is 11.6 Å². The summed E-state index contributed by atoms with van der Waals surface area (Å²) in [5, 5.41) is 0. The lowest BCUT2D eigenvalue weighted by molar-refractivity contribution is 0.287. The Morgan fingerprint density at radius 1 is 1.00 bits per heavy atom. The van der Waals surface area contributed by atoms with Crippen LogP contribution < -0.4 is 10.5 Å². The molecular weight excluding hydrogens is 438 g/mol. The van der Waals surface area contributed by atoms with Crippen molar-refractivity contribution in [1.29, 1.82) is 0 Å². The van der Waals surface area contributed by atoms with Crippen LogP contribution in [0.15, 0.2) is 55.9 Å². The third-order valence-electron chi connectivity index (χ3n) is 2.60. The van der Waals surface area contributed by atoms with E-state index in [0.29, 0.717) is 6.61 Å². The zero-order chi connectivity index (χ0) is 13.8. The molecule has 0 heterocycles. The smallest absolute Gasteiger partial charge is 0.147 e. The first-order valence-electron chi connectivity index (χ1n) is 5.66. The topological polar surface area (TPSA) is 35.2 Å². The van der Waals surface area contributed by atoms with Crippen LogP contribution in [-0.4, -0.2) is 6.61 Å². The molecule has 0 aliphatic carbocycles. The molecule has 0 aromatic heterocycles. The Hall–Kier alpha value is -0.360. The van der Waals surface area contributed by atoms with Crippen LogP contribution >= 0.6 is 47.8 Å². The highest BCUT2D eigenvalue weighted by Crippen LogP contribution is 2.36. The zero-order valence-corrected chi connectivity index (χ0v) is 14.7. The molecular formula is C14H12Br3NO. The molecule has 0 aliphatic heterocycles. The van der Waals surface area contributed by atoms with Crippen LogP contribution in [0.2, 0.25) is 0 Å². The monoisotopic (exact) mass is 447 g/mol. The predicted molar refractivity (Wildman–Crippen MR) is 88.4 cm³/mol. The second-order valence-electron chi connectivity index (χ2n) is 4.03. The van der Waals surface area contributed by atoms with Crippen molar-refractivity contribution in [2.24, 2.45) is 5.73 Å². The van der Waals surface area contributed by atoms with Gasteiger partial charge in [-0.1, -0.05) is 46.3 Å². The second kappa shape index (κ2) is 6.88. The maximum absolute atomic E-state index is 6.11. The summed E-state index contributed by atoms with van der Waals surface area (Å²) in [5.74, 6) is 0.759. The van der Waals surface area contributed by atoms with Gasteiger partial charge in [0.05, 0.1) is 15.0 Å². The number of benzene rings is 2. The van der Waals surface area contributed by atoms with Crippen molar-refractivity contribution >= 4 is 47.8 Å². The molecule has 1 atom stereocenters. The SMILES string of the molecule is NC(COc1c(Br)cc(Br)cc1Br)c1ccccc1. The molecule has 0 fully saturated rings. The molecule has 0 saturated heterocycles. The summed E-state index contributed by atoms with van der Waals surface area (Å²) in [4.78, 5) is 0. The fraction of sp³-hybridized carbons (Fsp3) is 0.143. The van der Waals surface area contributed by atoms with E-state index >= 15 is 0 Å². The normalized spacial score (nSPS) is 12.2. The summed E-state index contributed by atoms with van der Waals surface area (Å²) in [6.45, 7) is 0.419. The molecule has 2 nitrogen and oxygen atoms in total. The Kier molecular flexibility index (Phi) is 5.45. The van der Waals surface area contributed by atoms with E-state index in [1.54, 1.807) is 0 Å². The van der Waals surface area contributed by atoms with Crippen molar-refractivity contribution in [2.45, 2.75) is 6.04 Å². The molecule has 5 heteroatoms. The summed E-state index contributed by atoms with van der Waals surface area (Å²) in [5.41, 5.74) is 7.17. The molecule has 2 aromatic rings. The summed E-state index contributed by atoms with van der Waals surface area (Å²) < 4.78 is 8.54. The van der Waals surface area contributed by atoms with Gasteiger partial charge >= 0.3 is 0 Å². The van der Waals surface area contributed by atoms with Gasteiger partial charge in [-0.05, 0) is 49.6 Å². The van der Waals surface area contributed by atoms with Gasteiger partial charge in [-0.3, -0.25) is 0 Å². The molecule has 100 valence electrons. The van der Waals surface area contributed by atoms with Gasteiger partial charge in [0.15, 0.2) is 0 Å². The van der Waals surface area contributed by atoms with Crippen molar-refractivity contribution in [3.05, 3.63) is 61.4 Å². The highest BCUT2D eigenvalue weighted by atomic mass is 79.9. The molecule has 0 amide bonds. The van der Waals surface area contributed by atoms with Crippen molar-refractivity contribution in [3.8, 4) is 5.75 Å². The molecule has 2 rings (SSSR count). The maximum Gasteiger partial charge on any atom is 0.147 e. The van der Waals surface area contributed by atoms with Gasteiger partial charge in [0.2, 0.25) is 0 Å². The molecule has 2 aromatic carbocycles. The standard InChI is InChI=1S/C14H12Br3NO/c15-10-6-11(16)14(12(17)7-10)19-8-13(18)9-4-2-1-3-5-9/h1-7,13H,8,18H2. The summed E-state index contributed by atoms with van der Waals surface area (Å²) in [7, 11) is 0. The van der Waals surface area contributed by atoms with E-state index in [4.69, 9.17) is 10.5 Å². The van der Waals surface area contributed by atoms with Crippen molar-refractivity contribution in [2.75, 3.05) is 6.61 Å². The molecule has 0 radical (unpaired) electrons. The average molecular weight is 450 g/mol. The van der Waals surface area contributed by atoms with Gasteiger partial charge in [0.1, 0.15) is 12.4 Å². The second-order valence-corrected chi connectivity index (χ2v) is 6.65. The van der Waals surface area contributed by atoms with Crippen LogP contribution in [0.3, 0.4) is 0 Å². The molecule has 0 saturated carbocycles. The van der Waals surface area contributed by atoms with E-state index in [0.717, 1.165) is 24.7 Å². The minimum Gasteiger partial charge on any atom is -0.489 e. The number of hydrogen-bond acceptors (Lipinski definition) is 2. The third-order valence-corrected chi connectivity index (χ3v) is 4.23. The van der Waals surface area contributed by atoms with Crippen molar-refractivity contribution in [3.63, 3.8) is 0 Å². The Morgan fingerprint density at radius 2 is 1.58 bits per heavy atom. The lowest BCUT2D eigenvalue weighted by atomic mass is 10.1. The molecule has 19 heavy (non-hydrogen) atoms. The Balaban J connectivity index is 2.07. The minimum absolute atomic E-state index is 0.149. The fourth-order valence-corrected chi connectivity index (χ4v) is 4.12. The number of hydrogen-bond donors (Lipinski definition) is 1. The fourth-order valence-electron chi connectivity index (χ4n) is 1.64. The third kappa shape index (κ3) is 4.05. The van der Waals surface area contributed by atoms with Crippen molar-refractivity contribution < 1.29 is 4.74 Å². The first-order chi connectivity index (χ1) is 9.08. The number of rotatable bonds is 4. The van der Waals surface area contributed by atoms with E-state index in [9.17, 15) is 0 Å². The van der Waals surface area contributed by atoms with Crippen LogP contribution in [0, 0.1) is 0 Å². The molecule has 0 bridgehead atoms. The average Bonchev–Trinajstić information content (AvgIpc) is 2.38. The van der Waals surface area contributed by atoms with E-state index in [1.165, 1.54) is 0 Å². The number of ether oxygens (including phenoxy) is 1. The van der Waals surface area contributed by atoms with Gasteiger partial charge in [-0.25, -0.2) is 0 Å². The highest BCUT2D eigenvalue weighted by molar-refractivity contribution is 9.11. The Bertz CT molecular complexity index is 537. The van der Waals surface area contributed by atoms with Gasteiger partial charge in [-0.15, -0.1) is 0 Å². The Morgan fingerprint density at radius 3 is 2.16 bits per heavy atom. The van der Waals surface area contributed by atoms with Crippen LogP contribution in [0.4, 0.5) is 0 Å². The number of nitrogens with two attached hydrogens (primary N) is 1. The van der Waals surface area contributed by atoms with Crippen LogP contribution in [-0.2, 0) is 0 Å². The number of halogens is 3. The quantitative estimate of drug-likeness (QED) is 0.708. The summed E-state index contributed by atoms with van der Waals surface area (Å²) in [6, 6.07) is 13.6. The lowest BCUT2D eigenvalue weighted by Gasteiger charge is -2.15.